The summed E-state index contributed by atoms with van der Waals surface area (Å²) in [6.45, 7) is 0.523. The van der Waals surface area contributed by atoms with Crippen LogP contribution in [0.15, 0.2) is 0 Å². The van der Waals surface area contributed by atoms with Crippen LogP contribution >= 0.6 is 0 Å². The lowest BCUT2D eigenvalue weighted by Crippen LogP contribution is -2.41. The Kier molecular flexibility index (Phi) is 0.966. The highest BCUT2D eigenvalue weighted by Crippen LogP contribution is 2.94. The SMILES string of the molecule is OCC1(CO)C2C3C4CC5C6C4C2C6C1C53. The summed E-state index contributed by atoms with van der Waals surface area (Å²) in [5, 5.41) is 19.7. The van der Waals surface area contributed by atoms with E-state index in [1.54, 1.807) is 0 Å². The molecule has 10 atom stereocenters. The number of rotatable bonds is 2. The predicted molar refractivity (Wildman–Crippen MR) is 56.1 cm³/mol. The predicted octanol–water partition coefficient (Wildman–Crippen LogP) is 0.591. The lowest BCUT2D eigenvalue weighted by molar-refractivity contribution is 0.00446. The second-order valence-corrected chi connectivity index (χ2v) is 7.63. The van der Waals surface area contributed by atoms with E-state index in [0.29, 0.717) is 0 Å². The van der Waals surface area contributed by atoms with Crippen molar-refractivity contribution in [3.63, 3.8) is 0 Å². The molecular weight excluding hydrogens is 200 g/mol. The van der Waals surface area contributed by atoms with Crippen molar-refractivity contribution in [2.24, 2.45) is 64.6 Å². The van der Waals surface area contributed by atoms with Crippen LogP contribution in [-0.2, 0) is 0 Å². The second kappa shape index (κ2) is 1.91. The average Bonchev–Trinajstić information content (AvgIpc) is 2.88. The largest absolute Gasteiger partial charge is 0.396 e. The third-order valence-corrected chi connectivity index (χ3v) is 8.32. The molecule has 2 nitrogen and oxygen atoms in total. The molecule has 0 aliphatic heterocycles. The van der Waals surface area contributed by atoms with Gasteiger partial charge in [0.1, 0.15) is 0 Å². The van der Waals surface area contributed by atoms with Crippen LogP contribution in [0.3, 0.4) is 0 Å². The standard InChI is InChI=1S/C14H18O2/c15-2-14(3-16)12-8-4-1-5-7-6(4)10(12)11(7)13(14)9(5)8/h4-13,15-16H,1-3H2. The molecule has 7 aliphatic rings. The first-order valence-electron chi connectivity index (χ1n) is 7.07. The van der Waals surface area contributed by atoms with Crippen LogP contribution in [0.5, 0.6) is 0 Å². The van der Waals surface area contributed by atoms with Gasteiger partial charge in [-0.2, -0.15) is 0 Å². The van der Waals surface area contributed by atoms with E-state index in [-0.39, 0.29) is 18.6 Å². The quantitative estimate of drug-likeness (QED) is 0.712. The first kappa shape index (κ1) is 8.10. The van der Waals surface area contributed by atoms with Crippen molar-refractivity contribution in [2.75, 3.05) is 13.2 Å². The topological polar surface area (TPSA) is 40.5 Å². The van der Waals surface area contributed by atoms with Gasteiger partial charge in [-0.3, -0.25) is 0 Å². The fourth-order valence-electron chi connectivity index (χ4n) is 8.76. The lowest BCUT2D eigenvalue weighted by atomic mass is 9.60. The molecule has 86 valence electrons. The van der Waals surface area contributed by atoms with Gasteiger partial charge in [0.15, 0.2) is 0 Å². The highest BCUT2D eigenvalue weighted by molar-refractivity contribution is 5.38. The Hall–Kier alpha value is -0.0800. The Morgan fingerprint density at radius 3 is 1.69 bits per heavy atom. The van der Waals surface area contributed by atoms with Crippen molar-refractivity contribution in [2.45, 2.75) is 6.42 Å². The Balaban J connectivity index is 1.67. The van der Waals surface area contributed by atoms with Crippen LogP contribution in [0.25, 0.3) is 0 Å². The summed E-state index contributed by atoms with van der Waals surface area (Å²) in [4.78, 5) is 0. The summed E-state index contributed by atoms with van der Waals surface area (Å²) in [7, 11) is 0. The van der Waals surface area contributed by atoms with Crippen molar-refractivity contribution in [1.29, 1.82) is 0 Å². The van der Waals surface area contributed by atoms with Gasteiger partial charge in [0.05, 0.1) is 13.2 Å². The molecule has 7 aliphatic carbocycles. The molecule has 10 unspecified atom stereocenters. The molecule has 2 N–H and O–H groups in total. The first-order chi connectivity index (χ1) is 7.85. The lowest BCUT2D eigenvalue weighted by Gasteiger charge is -2.44. The van der Waals surface area contributed by atoms with Crippen molar-refractivity contribution < 1.29 is 10.2 Å². The van der Waals surface area contributed by atoms with Gasteiger partial charge in [-0.1, -0.05) is 0 Å². The minimum absolute atomic E-state index is 0.0401. The van der Waals surface area contributed by atoms with Gasteiger partial charge in [0.2, 0.25) is 0 Å². The van der Waals surface area contributed by atoms with E-state index < -0.39 is 0 Å². The van der Waals surface area contributed by atoms with Crippen molar-refractivity contribution in [3.8, 4) is 0 Å². The number of hydrogen-bond donors (Lipinski definition) is 2. The summed E-state index contributed by atoms with van der Waals surface area (Å²) in [6, 6.07) is 0. The van der Waals surface area contributed by atoms with Crippen molar-refractivity contribution in [1.82, 2.24) is 0 Å². The normalized spacial score (nSPS) is 76.9. The summed E-state index contributed by atoms with van der Waals surface area (Å²) < 4.78 is 0. The smallest absolute Gasteiger partial charge is 0.0515 e. The summed E-state index contributed by atoms with van der Waals surface area (Å²) in [5.74, 6) is 9.33. The van der Waals surface area contributed by atoms with Crippen LogP contribution in [0.4, 0.5) is 0 Å². The first-order valence-corrected chi connectivity index (χ1v) is 7.07. The fourth-order valence-corrected chi connectivity index (χ4v) is 8.76. The third-order valence-electron chi connectivity index (χ3n) is 8.32. The Bertz CT molecular complexity index is 377. The van der Waals surface area contributed by atoms with E-state index in [2.05, 4.69) is 0 Å². The number of aliphatic hydroxyl groups excluding tert-OH is 2. The molecule has 0 aromatic carbocycles. The van der Waals surface area contributed by atoms with Crippen LogP contribution < -0.4 is 0 Å². The maximum absolute atomic E-state index is 9.87. The van der Waals surface area contributed by atoms with Gasteiger partial charge in [-0.15, -0.1) is 0 Å². The third kappa shape index (κ3) is 0.425. The highest BCUT2D eigenvalue weighted by Gasteiger charge is 2.91. The van der Waals surface area contributed by atoms with Gasteiger partial charge in [0, 0.05) is 5.41 Å². The van der Waals surface area contributed by atoms with E-state index in [1.165, 1.54) is 6.42 Å². The van der Waals surface area contributed by atoms with Crippen LogP contribution in [0.2, 0.25) is 0 Å². The summed E-state index contributed by atoms with van der Waals surface area (Å²) in [6.07, 6.45) is 1.53. The number of aliphatic hydroxyl groups is 2. The molecule has 2 heteroatoms. The summed E-state index contributed by atoms with van der Waals surface area (Å²) >= 11 is 0. The van der Waals surface area contributed by atoms with Gasteiger partial charge in [-0.25, -0.2) is 0 Å². The Morgan fingerprint density at radius 1 is 0.750 bits per heavy atom. The minimum atomic E-state index is -0.0401. The van der Waals surface area contributed by atoms with E-state index in [0.717, 1.165) is 59.2 Å². The van der Waals surface area contributed by atoms with Crippen LogP contribution in [0, 0.1) is 64.6 Å². The monoisotopic (exact) mass is 218 g/mol. The average molecular weight is 218 g/mol. The zero-order valence-electron chi connectivity index (χ0n) is 9.29. The van der Waals surface area contributed by atoms with Gasteiger partial charge >= 0.3 is 0 Å². The van der Waals surface area contributed by atoms with Crippen molar-refractivity contribution in [3.05, 3.63) is 0 Å². The van der Waals surface area contributed by atoms with Gasteiger partial charge < -0.3 is 10.2 Å². The minimum Gasteiger partial charge on any atom is -0.396 e. The zero-order valence-corrected chi connectivity index (χ0v) is 9.29. The Labute approximate surface area is 95.0 Å². The van der Waals surface area contributed by atoms with E-state index in [9.17, 15) is 10.2 Å². The molecule has 16 heavy (non-hydrogen) atoms. The molecule has 0 amide bonds. The molecule has 0 aromatic rings. The summed E-state index contributed by atoms with van der Waals surface area (Å²) in [5.41, 5.74) is -0.0401. The maximum atomic E-state index is 9.87. The van der Waals surface area contributed by atoms with Crippen LogP contribution in [-0.4, -0.2) is 23.4 Å². The molecule has 0 radical (unpaired) electrons. The molecule has 7 rings (SSSR count). The Morgan fingerprint density at radius 2 is 1.25 bits per heavy atom. The molecule has 7 saturated carbocycles. The zero-order chi connectivity index (χ0) is 10.4. The molecule has 0 aromatic heterocycles. The molecule has 0 saturated heterocycles. The van der Waals surface area contributed by atoms with E-state index in [4.69, 9.17) is 0 Å². The second-order valence-electron chi connectivity index (χ2n) is 7.63. The van der Waals surface area contributed by atoms with Gasteiger partial charge in [0.25, 0.3) is 0 Å². The highest BCUT2D eigenvalue weighted by atomic mass is 16.3. The molecule has 4 bridgehead atoms. The molecule has 0 heterocycles. The van der Waals surface area contributed by atoms with Crippen LogP contribution in [0.1, 0.15) is 6.42 Å². The van der Waals surface area contributed by atoms with E-state index in [1.807, 2.05) is 0 Å². The molecule has 7 fully saturated rings. The van der Waals surface area contributed by atoms with E-state index >= 15 is 0 Å². The molecule has 0 spiro atoms. The van der Waals surface area contributed by atoms with Gasteiger partial charge in [-0.05, 0) is 65.6 Å². The van der Waals surface area contributed by atoms with Crippen molar-refractivity contribution >= 4 is 0 Å². The maximum Gasteiger partial charge on any atom is 0.0515 e. The molecular formula is C14H18O2. The fraction of sp³-hybridized carbons (Fsp3) is 1.00. The number of hydrogen-bond acceptors (Lipinski definition) is 2.